The van der Waals surface area contributed by atoms with Crippen LogP contribution in [-0.4, -0.2) is 36.6 Å². The third-order valence-electron chi connectivity index (χ3n) is 6.67. The number of halogens is 1. The van der Waals surface area contributed by atoms with E-state index in [2.05, 4.69) is 38.3 Å². The Labute approximate surface area is 220 Å². The van der Waals surface area contributed by atoms with E-state index in [9.17, 15) is 9.59 Å². The zero-order valence-corrected chi connectivity index (χ0v) is 23.1. The number of ether oxygens (including phenoxy) is 1. The number of amides is 2. The van der Waals surface area contributed by atoms with Gasteiger partial charge in [0, 0.05) is 48.1 Å². The molecule has 2 aromatic carbocycles. The highest BCUT2D eigenvalue weighted by atomic mass is 35.5. The number of nitrogens with zero attached hydrogens (tertiary/aromatic N) is 1. The van der Waals surface area contributed by atoms with Crippen LogP contribution < -0.4 is 15.5 Å². The van der Waals surface area contributed by atoms with E-state index in [1.54, 1.807) is 13.0 Å². The first-order chi connectivity index (χ1) is 17.0. The molecule has 0 unspecified atom stereocenters. The highest BCUT2D eigenvalue weighted by molar-refractivity contribution is 6.30. The number of carbonyl (C=O) groups is 2. The van der Waals surface area contributed by atoms with Crippen molar-refractivity contribution in [2.75, 3.05) is 23.4 Å². The van der Waals surface area contributed by atoms with Gasteiger partial charge in [-0.25, -0.2) is 0 Å². The molecule has 2 aromatic rings. The molecule has 2 amide bonds. The molecule has 0 aliphatic carbocycles. The predicted molar refractivity (Wildman–Crippen MR) is 148 cm³/mol. The topological polar surface area (TPSA) is 70.7 Å². The van der Waals surface area contributed by atoms with Crippen molar-refractivity contribution in [1.82, 2.24) is 5.32 Å². The SMILES string of the molecule is CC(=O)N1c2ccc(C(=O)NCCC(C)(C)OCCC(C)C)cc2[C@H](Nc2ccc(Cl)cc2)C[C@@H]1C. The van der Waals surface area contributed by atoms with Gasteiger partial charge < -0.3 is 20.3 Å². The Kier molecular flexibility index (Phi) is 9.42. The molecule has 1 aliphatic rings. The second-order valence-electron chi connectivity index (χ2n) is 10.7. The van der Waals surface area contributed by atoms with Gasteiger partial charge in [-0.1, -0.05) is 25.4 Å². The van der Waals surface area contributed by atoms with E-state index >= 15 is 0 Å². The number of fused-ring (bicyclic) bond motifs is 1. The Morgan fingerprint density at radius 3 is 2.50 bits per heavy atom. The summed E-state index contributed by atoms with van der Waals surface area (Å²) in [4.78, 5) is 27.3. The van der Waals surface area contributed by atoms with Gasteiger partial charge in [-0.05, 0) is 94.0 Å². The van der Waals surface area contributed by atoms with Gasteiger partial charge in [-0.3, -0.25) is 9.59 Å². The monoisotopic (exact) mass is 513 g/mol. The summed E-state index contributed by atoms with van der Waals surface area (Å²) in [5.74, 6) is 0.462. The smallest absolute Gasteiger partial charge is 0.251 e. The lowest BCUT2D eigenvalue weighted by Crippen LogP contribution is -2.43. The van der Waals surface area contributed by atoms with Crippen molar-refractivity contribution in [2.24, 2.45) is 5.92 Å². The van der Waals surface area contributed by atoms with Crippen LogP contribution in [0.4, 0.5) is 11.4 Å². The fourth-order valence-corrected chi connectivity index (χ4v) is 4.72. The number of carbonyl (C=O) groups excluding carboxylic acids is 2. The van der Waals surface area contributed by atoms with Crippen LogP contribution in [0, 0.1) is 5.92 Å². The van der Waals surface area contributed by atoms with Crippen LogP contribution >= 0.6 is 11.6 Å². The van der Waals surface area contributed by atoms with Crippen LogP contribution in [-0.2, 0) is 9.53 Å². The van der Waals surface area contributed by atoms with E-state index in [-0.39, 0.29) is 29.5 Å². The molecule has 0 saturated carbocycles. The van der Waals surface area contributed by atoms with Gasteiger partial charge in [0.2, 0.25) is 5.91 Å². The quantitative estimate of drug-likeness (QED) is 0.375. The first-order valence-corrected chi connectivity index (χ1v) is 13.2. The van der Waals surface area contributed by atoms with E-state index in [1.807, 2.05) is 48.2 Å². The molecule has 7 heteroatoms. The lowest BCUT2D eigenvalue weighted by molar-refractivity contribution is -0.117. The highest BCUT2D eigenvalue weighted by Gasteiger charge is 2.33. The van der Waals surface area contributed by atoms with E-state index in [0.717, 1.165) is 42.8 Å². The summed E-state index contributed by atoms with van der Waals surface area (Å²) in [6.45, 7) is 13.4. The fourth-order valence-electron chi connectivity index (χ4n) is 4.59. The van der Waals surface area contributed by atoms with Crippen molar-refractivity contribution < 1.29 is 14.3 Å². The van der Waals surface area contributed by atoms with Crippen molar-refractivity contribution in [2.45, 2.75) is 78.5 Å². The number of hydrogen-bond donors (Lipinski definition) is 2. The third kappa shape index (κ3) is 7.47. The molecule has 1 heterocycles. The van der Waals surface area contributed by atoms with E-state index in [0.29, 0.717) is 23.0 Å². The maximum Gasteiger partial charge on any atom is 0.251 e. The largest absolute Gasteiger partial charge is 0.378 e. The second-order valence-corrected chi connectivity index (χ2v) is 11.2. The molecule has 0 fully saturated rings. The molecule has 2 N–H and O–H groups in total. The summed E-state index contributed by atoms with van der Waals surface area (Å²) >= 11 is 6.05. The predicted octanol–water partition coefficient (Wildman–Crippen LogP) is 6.60. The zero-order chi connectivity index (χ0) is 26.5. The van der Waals surface area contributed by atoms with Crippen molar-refractivity contribution in [1.29, 1.82) is 0 Å². The van der Waals surface area contributed by atoms with Gasteiger partial charge in [-0.2, -0.15) is 0 Å². The summed E-state index contributed by atoms with van der Waals surface area (Å²) < 4.78 is 6.02. The Bertz CT molecular complexity index is 1050. The number of hydrogen-bond acceptors (Lipinski definition) is 4. The van der Waals surface area contributed by atoms with Crippen LogP contribution in [0.2, 0.25) is 5.02 Å². The molecule has 0 saturated heterocycles. The average Bonchev–Trinajstić information content (AvgIpc) is 2.79. The molecule has 0 spiro atoms. The van der Waals surface area contributed by atoms with Gasteiger partial charge in [0.1, 0.15) is 0 Å². The first-order valence-electron chi connectivity index (χ1n) is 12.8. The number of anilines is 2. The molecule has 0 aromatic heterocycles. The minimum Gasteiger partial charge on any atom is -0.378 e. The average molecular weight is 514 g/mol. The van der Waals surface area contributed by atoms with Crippen molar-refractivity contribution >= 4 is 34.8 Å². The Balaban J connectivity index is 1.74. The summed E-state index contributed by atoms with van der Waals surface area (Å²) in [5, 5.41) is 7.28. The molecule has 0 bridgehead atoms. The summed E-state index contributed by atoms with van der Waals surface area (Å²) in [5.41, 5.74) is 2.98. The molecule has 3 rings (SSSR count). The molecular formula is C29H40ClN3O3. The Hall–Kier alpha value is -2.57. The number of nitrogens with one attached hydrogen (secondary N) is 2. The van der Waals surface area contributed by atoms with Crippen molar-refractivity contribution in [3.05, 3.63) is 58.6 Å². The molecule has 196 valence electrons. The third-order valence-corrected chi connectivity index (χ3v) is 6.92. The van der Waals surface area contributed by atoms with Gasteiger partial charge in [0.15, 0.2) is 0 Å². The van der Waals surface area contributed by atoms with Crippen LogP contribution in [0.5, 0.6) is 0 Å². The summed E-state index contributed by atoms with van der Waals surface area (Å²) in [7, 11) is 0. The fraction of sp³-hybridized carbons (Fsp3) is 0.517. The van der Waals surface area contributed by atoms with Crippen molar-refractivity contribution in [3.63, 3.8) is 0 Å². The zero-order valence-electron chi connectivity index (χ0n) is 22.4. The molecule has 2 atom stereocenters. The minimum atomic E-state index is -0.302. The van der Waals surface area contributed by atoms with E-state index in [1.165, 1.54) is 0 Å². The minimum absolute atomic E-state index is 0.00871. The summed E-state index contributed by atoms with van der Waals surface area (Å²) in [6, 6.07) is 13.1. The Morgan fingerprint density at radius 1 is 1.17 bits per heavy atom. The highest BCUT2D eigenvalue weighted by Crippen LogP contribution is 2.39. The lowest BCUT2D eigenvalue weighted by atomic mass is 9.90. The number of rotatable bonds is 10. The standard InChI is InChI=1S/C29H40ClN3O3/c1-19(2)13-16-36-29(5,6)14-15-31-28(35)22-7-12-27-25(18-22)26(17-20(3)33(27)21(4)34)32-24-10-8-23(30)9-11-24/h7-12,18-20,26,32H,13-17H2,1-6H3,(H,31,35)/t20-,26+/m0/s1. The maximum absolute atomic E-state index is 13.0. The molecular weight excluding hydrogens is 474 g/mol. The number of benzene rings is 2. The molecule has 36 heavy (non-hydrogen) atoms. The van der Waals surface area contributed by atoms with E-state index in [4.69, 9.17) is 16.3 Å². The second kappa shape index (κ2) is 12.1. The molecule has 0 radical (unpaired) electrons. The van der Waals surface area contributed by atoms with Gasteiger partial charge in [-0.15, -0.1) is 0 Å². The first kappa shape index (κ1) is 28.0. The van der Waals surface area contributed by atoms with Crippen LogP contribution in [0.25, 0.3) is 0 Å². The molecule has 1 aliphatic heterocycles. The normalized spacial score (nSPS) is 17.6. The lowest BCUT2D eigenvalue weighted by Gasteiger charge is -2.39. The van der Waals surface area contributed by atoms with Gasteiger partial charge in [0.25, 0.3) is 5.91 Å². The van der Waals surface area contributed by atoms with Gasteiger partial charge >= 0.3 is 0 Å². The van der Waals surface area contributed by atoms with Crippen LogP contribution in [0.15, 0.2) is 42.5 Å². The Morgan fingerprint density at radius 2 is 1.86 bits per heavy atom. The molecule has 6 nitrogen and oxygen atoms in total. The van der Waals surface area contributed by atoms with Gasteiger partial charge in [0.05, 0.1) is 11.6 Å². The summed E-state index contributed by atoms with van der Waals surface area (Å²) in [6.07, 6.45) is 2.46. The van der Waals surface area contributed by atoms with E-state index < -0.39 is 0 Å². The van der Waals surface area contributed by atoms with Crippen LogP contribution in [0.3, 0.4) is 0 Å². The van der Waals surface area contributed by atoms with Crippen molar-refractivity contribution in [3.8, 4) is 0 Å². The maximum atomic E-state index is 13.0. The van der Waals surface area contributed by atoms with Crippen LogP contribution in [0.1, 0.15) is 82.8 Å².